The molecule has 1 aliphatic heterocycles. The van der Waals surface area contributed by atoms with Crippen molar-refractivity contribution in [3.63, 3.8) is 0 Å². The largest absolute Gasteiger partial charge is 0.306 e. The minimum atomic E-state index is 0.360. The highest BCUT2D eigenvalue weighted by Gasteiger charge is 2.21. The van der Waals surface area contributed by atoms with E-state index in [4.69, 9.17) is 4.98 Å². The van der Waals surface area contributed by atoms with Crippen LogP contribution in [0.5, 0.6) is 0 Å². The van der Waals surface area contributed by atoms with E-state index in [1.807, 2.05) is 18.3 Å². The highest BCUT2D eigenvalue weighted by Crippen LogP contribution is 2.26. The first kappa shape index (κ1) is 11.8. The molecular weight excluding hydrogens is 244 g/mol. The molecule has 0 amide bonds. The van der Waals surface area contributed by atoms with Crippen LogP contribution in [0.4, 0.5) is 0 Å². The number of rotatable bonds is 2. The third-order valence-electron chi connectivity index (χ3n) is 3.16. The highest BCUT2D eigenvalue weighted by atomic mass is 32.1. The molecule has 1 saturated heterocycles. The van der Waals surface area contributed by atoms with Crippen LogP contribution < -0.4 is 5.32 Å². The number of likely N-dealkylation sites (N-methyl/N-ethyl adjacent to an activating group) is 1. The smallest absolute Gasteiger partial charge is 0.112 e. The molecule has 2 aromatic rings. The van der Waals surface area contributed by atoms with E-state index < -0.39 is 0 Å². The van der Waals surface area contributed by atoms with Gasteiger partial charge in [0.1, 0.15) is 5.01 Å². The van der Waals surface area contributed by atoms with E-state index in [0.717, 1.165) is 30.9 Å². The lowest BCUT2D eigenvalue weighted by Gasteiger charge is -2.29. The molecule has 3 heterocycles. The van der Waals surface area contributed by atoms with Crippen molar-refractivity contribution in [1.29, 1.82) is 0 Å². The maximum Gasteiger partial charge on any atom is 0.112 e. The van der Waals surface area contributed by atoms with Gasteiger partial charge in [-0.15, -0.1) is 11.3 Å². The van der Waals surface area contributed by atoms with Gasteiger partial charge in [-0.05, 0) is 19.2 Å². The molecule has 1 N–H and O–H groups in total. The Kier molecular flexibility index (Phi) is 3.36. The fourth-order valence-corrected chi connectivity index (χ4v) is 3.05. The van der Waals surface area contributed by atoms with E-state index in [0.29, 0.717) is 6.04 Å². The molecule has 1 unspecified atom stereocenters. The second-order valence-electron chi connectivity index (χ2n) is 4.58. The Morgan fingerprint density at radius 1 is 1.50 bits per heavy atom. The molecule has 94 valence electrons. The van der Waals surface area contributed by atoms with Gasteiger partial charge in [0, 0.05) is 43.0 Å². The normalized spacial score (nSPS) is 21.1. The van der Waals surface area contributed by atoms with Crippen LogP contribution in [0.15, 0.2) is 29.9 Å². The van der Waals surface area contributed by atoms with Gasteiger partial charge in [0.05, 0.1) is 11.7 Å². The van der Waals surface area contributed by atoms with E-state index in [1.54, 1.807) is 17.5 Å². The van der Waals surface area contributed by atoms with E-state index in [1.165, 1.54) is 5.01 Å². The van der Waals surface area contributed by atoms with Crippen molar-refractivity contribution in [2.75, 3.05) is 26.7 Å². The molecule has 1 fully saturated rings. The second-order valence-corrected chi connectivity index (χ2v) is 5.47. The molecule has 0 aliphatic carbocycles. The molecule has 2 aromatic heterocycles. The summed E-state index contributed by atoms with van der Waals surface area (Å²) >= 11 is 1.72. The molecule has 1 atom stereocenters. The monoisotopic (exact) mass is 260 g/mol. The molecule has 0 radical (unpaired) electrons. The van der Waals surface area contributed by atoms with Gasteiger partial charge in [0.2, 0.25) is 0 Å². The fraction of sp³-hybridized carbons (Fsp3) is 0.385. The molecule has 4 nitrogen and oxygen atoms in total. The summed E-state index contributed by atoms with van der Waals surface area (Å²) in [6.45, 7) is 3.17. The first-order valence-corrected chi connectivity index (χ1v) is 6.98. The zero-order chi connectivity index (χ0) is 12.4. The van der Waals surface area contributed by atoms with Crippen LogP contribution in [0.2, 0.25) is 0 Å². The Labute approximate surface area is 111 Å². The van der Waals surface area contributed by atoms with Crippen LogP contribution in [-0.4, -0.2) is 41.5 Å². The maximum atomic E-state index is 4.73. The van der Waals surface area contributed by atoms with Crippen LogP contribution in [0.25, 0.3) is 11.3 Å². The van der Waals surface area contributed by atoms with Crippen molar-refractivity contribution in [2.45, 2.75) is 6.04 Å². The quantitative estimate of drug-likeness (QED) is 0.893. The number of nitrogens with zero attached hydrogens (tertiary/aromatic N) is 3. The number of piperazine rings is 1. The third-order valence-corrected chi connectivity index (χ3v) is 4.11. The average Bonchev–Trinajstić information content (AvgIpc) is 2.89. The van der Waals surface area contributed by atoms with Gasteiger partial charge in [-0.1, -0.05) is 0 Å². The first-order chi connectivity index (χ1) is 8.83. The van der Waals surface area contributed by atoms with Crippen molar-refractivity contribution >= 4 is 11.3 Å². The zero-order valence-electron chi connectivity index (χ0n) is 10.3. The molecular formula is C13H16N4S. The van der Waals surface area contributed by atoms with Crippen LogP contribution in [0.3, 0.4) is 0 Å². The number of hydrogen-bond donors (Lipinski definition) is 1. The summed E-state index contributed by atoms with van der Waals surface area (Å²) in [6, 6.07) is 4.35. The van der Waals surface area contributed by atoms with Crippen molar-refractivity contribution in [3.8, 4) is 11.3 Å². The Hall–Kier alpha value is -1.30. The summed E-state index contributed by atoms with van der Waals surface area (Å²) in [5, 5.41) is 6.80. The third kappa shape index (κ3) is 2.43. The number of nitrogens with one attached hydrogen (secondary N) is 1. The minimum Gasteiger partial charge on any atom is -0.306 e. The molecule has 0 aromatic carbocycles. The van der Waals surface area contributed by atoms with E-state index in [9.17, 15) is 0 Å². The summed E-state index contributed by atoms with van der Waals surface area (Å²) in [5.41, 5.74) is 2.11. The van der Waals surface area contributed by atoms with Crippen LogP contribution in [0.1, 0.15) is 11.0 Å². The predicted octanol–water partition coefficient (Wildman–Crippen LogP) is 1.78. The highest BCUT2D eigenvalue weighted by molar-refractivity contribution is 7.10. The lowest BCUT2D eigenvalue weighted by atomic mass is 10.2. The number of aromatic nitrogens is 2. The first-order valence-electron chi connectivity index (χ1n) is 6.10. The van der Waals surface area contributed by atoms with Crippen LogP contribution in [-0.2, 0) is 0 Å². The summed E-state index contributed by atoms with van der Waals surface area (Å²) in [4.78, 5) is 11.2. The summed E-state index contributed by atoms with van der Waals surface area (Å²) in [6.07, 6.45) is 3.65. The van der Waals surface area contributed by atoms with Crippen LogP contribution in [0, 0.1) is 0 Å². The van der Waals surface area contributed by atoms with Crippen molar-refractivity contribution in [2.24, 2.45) is 0 Å². The number of hydrogen-bond acceptors (Lipinski definition) is 5. The van der Waals surface area contributed by atoms with Gasteiger partial charge < -0.3 is 10.2 Å². The van der Waals surface area contributed by atoms with Gasteiger partial charge in [-0.25, -0.2) is 4.98 Å². The number of pyridine rings is 1. The van der Waals surface area contributed by atoms with Gasteiger partial charge in [0.15, 0.2) is 0 Å². The SMILES string of the molecule is CN1CCNC(c2nc(-c3cccnc3)cs2)C1. The molecule has 5 heteroatoms. The Bertz CT molecular complexity index is 511. The topological polar surface area (TPSA) is 41.0 Å². The lowest BCUT2D eigenvalue weighted by molar-refractivity contribution is 0.240. The molecule has 1 aliphatic rings. The zero-order valence-corrected chi connectivity index (χ0v) is 11.2. The molecule has 3 rings (SSSR count). The molecule has 0 saturated carbocycles. The molecule has 0 bridgehead atoms. The van der Waals surface area contributed by atoms with Crippen molar-refractivity contribution in [3.05, 3.63) is 34.9 Å². The molecule has 18 heavy (non-hydrogen) atoms. The van der Waals surface area contributed by atoms with Crippen molar-refractivity contribution < 1.29 is 0 Å². The Morgan fingerprint density at radius 3 is 3.22 bits per heavy atom. The van der Waals surface area contributed by atoms with Crippen molar-refractivity contribution in [1.82, 2.24) is 20.2 Å². The predicted molar refractivity (Wildman–Crippen MR) is 73.6 cm³/mol. The lowest BCUT2D eigenvalue weighted by Crippen LogP contribution is -2.43. The minimum absolute atomic E-state index is 0.360. The van der Waals surface area contributed by atoms with Gasteiger partial charge in [-0.3, -0.25) is 4.98 Å². The summed E-state index contributed by atoms with van der Waals surface area (Å²) < 4.78 is 0. The molecule has 0 spiro atoms. The Morgan fingerprint density at radius 2 is 2.44 bits per heavy atom. The van der Waals surface area contributed by atoms with Gasteiger partial charge in [0.25, 0.3) is 0 Å². The van der Waals surface area contributed by atoms with Gasteiger partial charge in [-0.2, -0.15) is 0 Å². The maximum absolute atomic E-state index is 4.73. The van der Waals surface area contributed by atoms with Crippen LogP contribution >= 0.6 is 11.3 Å². The second kappa shape index (κ2) is 5.14. The average molecular weight is 260 g/mol. The van der Waals surface area contributed by atoms with E-state index in [-0.39, 0.29) is 0 Å². The van der Waals surface area contributed by atoms with E-state index in [2.05, 4.69) is 27.6 Å². The number of thiazole rings is 1. The van der Waals surface area contributed by atoms with E-state index >= 15 is 0 Å². The fourth-order valence-electron chi connectivity index (χ4n) is 2.16. The van der Waals surface area contributed by atoms with Gasteiger partial charge >= 0.3 is 0 Å². The summed E-state index contributed by atoms with van der Waals surface area (Å²) in [5.74, 6) is 0. The standard InChI is InChI=1S/C13H16N4S/c1-17-6-5-15-11(8-17)13-16-12(9-18-13)10-3-2-4-14-7-10/h2-4,7,9,11,15H,5-6,8H2,1H3. The summed E-state index contributed by atoms with van der Waals surface area (Å²) in [7, 11) is 2.16. The Balaban J connectivity index is 1.81.